The molecule has 0 aromatic heterocycles. The largest absolute Gasteiger partial charge is 0.447 e. The monoisotopic (exact) mass is 436 g/mol. The van der Waals surface area contributed by atoms with Gasteiger partial charge in [0.1, 0.15) is 12.6 Å². The van der Waals surface area contributed by atoms with Crippen LogP contribution >= 0.6 is 0 Å². The van der Waals surface area contributed by atoms with Crippen molar-refractivity contribution in [1.82, 2.24) is 10.2 Å². The van der Waals surface area contributed by atoms with Crippen molar-refractivity contribution in [3.05, 3.63) is 71.8 Å². The Bertz CT molecular complexity index is 889. The van der Waals surface area contributed by atoms with Crippen molar-refractivity contribution in [2.45, 2.75) is 69.9 Å². The second-order valence-corrected chi connectivity index (χ2v) is 8.53. The lowest BCUT2D eigenvalue weighted by Crippen LogP contribution is -2.60. The lowest BCUT2D eigenvalue weighted by Gasteiger charge is -2.41. The Morgan fingerprint density at radius 3 is 2.25 bits per heavy atom. The number of benzene rings is 2. The van der Waals surface area contributed by atoms with Gasteiger partial charge < -0.3 is 14.8 Å². The Hall–Kier alpha value is -2.86. The molecule has 170 valence electrons. The number of cyclic esters (lactones) is 1. The van der Waals surface area contributed by atoms with Crippen LogP contribution in [0.2, 0.25) is 0 Å². The van der Waals surface area contributed by atoms with E-state index in [0.29, 0.717) is 0 Å². The van der Waals surface area contributed by atoms with Crippen LogP contribution in [0, 0.1) is 0 Å². The van der Waals surface area contributed by atoms with Gasteiger partial charge in [-0.1, -0.05) is 99.7 Å². The molecule has 6 heteroatoms. The molecule has 0 saturated carbocycles. The SMILES string of the molecule is CCCCCCC[C@@H]1O[C@H](c2ccccc2)NC(=O)[C@@H]1N1C(=O)OC[C@@H]1c1ccccc1. The zero-order valence-corrected chi connectivity index (χ0v) is 18.6. The van der Waals surface area contributed by atoms with Crippen LogP contribution in [0.5, 0.6) is 0 Å². The normalized spacial score (nSPS) is 25.5. The standard InChI is InChI=1S/C26H32N2O4/c1-2-3-4-5-12-17-22-23(24(29)27-25(32-22)20-15-10-7-11-16-20)28-21(18-31-26(28)30)19-13-8-6-9-14-19/h6-11,13-16,21-23,25H,2-5,12,17-18H2,1H3,(H,27,29)/t21-,22+,23-,25-/m1/s1. The van der Waals surface area contributed by atoms with Crippen LogP contribution in [-0.2, 0) is 14.3 Å². The van der Waals surface area contributed by atoms with Crippen molar-refractivity contribution < 1.29 is 19.1 Å². The summed E-state index contributed by atoms with van der Waals surface area (Å²) in [7, 11) is 0. The maximum atomic E-state index is 13.4. The fraction of sp³-hybridized carbons (Fsp3) is 0.462. The van der Waals surface area contributed by atoms with Crippen molar-refractivity contribution in [2.24, 2.45) is 0 Å². The molecule has 2 aromatic rings. The third-order valence-electron chi connectivity index (χ3n) is 6.29. The highest BCUT2D eigenvalue weighted by molar-refractivity contribution is 5.88. The summed E-state index contributed by atoms with van der Waals surface area (Å²) in [6, 6.07) is 18.4. The number of hydrogen-bond donors (Lipinski definition) is 1. The predicted molar refractivity (Wildman–Crippen MR) is 122 cm³/mol. The quantitative estimate of drug-likeness (QED) is 0.554. The molecule has 6 nitrogen and oxygen atoms in total. The van der Waals surface area contributed by atoms with Gasteiger partial charge in [-0.2, -0.15) is 0 Å². The lowest BCUT2D eigenvalue weighted by atomic mass is 9.96. The average molecular weight is 437 g/mol. The molecule has 2 amide bonds. The molecule has 0 bridgehead atoms. The summed E-state index contributed by atoms with van der Waals surface area (Å²) in [5.41, 5.74) is 1.86. The molecule has 4 rings (SSSR count). The summed E-state index contributed by atoms with van der Waals surface area (Å²) in [6.07, 6.45) is 4.94. The van der Waals surface area contributed by atoms with E-state index in [4.69, 9.17) is 9.47 Å². The van der Waals surface area contributed by atoms with E-state index in [1.165, 1.54) is 19.3 Å². The van der Waals surface area contributed by atoms with Gasteiger partial charge in [-0.15, -0.1) is 0 Å². The highest BCUT2D eigenvalue weighted by Gasteiger charge is 2.49. The van der Waals surface area contributed by atoms with E-state index in [1.807, 2.05) is 60.7 Å². The summed E-state index contributed by atoms with van der Waals surface area (Å²) in [4.78, 5) is 27.8. The van der Waals surface area contributed by atoms with E-state index >= 15 is 0 Å². The first-order valence-electron chi connectivity index (χ1n) is 11.7. The molecule has 2 aromatic carbocycles. The van der Waals surface area contributed by atoms with Crippen molar-refractivity contribution in [2.75, 3.05) is 6.61 Å². The number of rotatable bonds is 9. The molecule has 1 N–H and O–H groups in total. The van der Waals surface area contributed by atoms with Crippen LogP contribution in [0.4, 0.5) is 4.79 Å². The molecule has 0 spiro atoms. The van der Waals surface area contributed by atoms with Gasteiger partial charge in [0.05, 0.1) is 12.1 Å². The fourth-order valence-electron chi connectivity index (χ4n) is 4.61. The third-order valence-corrected chi connectivity index (χ3v) is 6.29. The number of nitrogens with zero attached hydrogens (tertiary/aromatic N) is 1. The van der Waals surface area contributed by atoms with Crippen LogP contribution < -0.4 is 5.32 Å². The summed E-state index contributed by atoms with van der Waals surface area (Å²) < 4.78 is 11.8. The Kier molecular flexibility index (Phi) is 7.43. The van der Waals surface area contributed by atoms with Gasteiger partial charge in [0, 0.05) is 5.56 Å². The zero-order chi connectivity index (χ0) is 22.3. The third kappa shape index (κ3) is 4.96. The molecular weight excluding hydrogens is 404 g/mol. The van der Waals surface area contributed by atoms with Gasteiger partial charge in [-0.05, 0) is 12.0 Å². The first-order chi connectivity index (χ1) is 15.7. The second-order valence-electron chi connectivity index (χ2n) is 8.53. The highest BCUT2D eigenvalue weighted by Crippen LogP contribution is 2.36. The Labute approximate surface area is 189 Å². The minimum atomic E-state index is -0.721. The number of ether oxygens (including phenoxy) is 2. The Morgan fingerprint density at radius 2 is 1.56 bits per heavy atom. The molecule has 2 saturated heterocycles. The summed E-state index contributed by atoms with van der Waals surface area (Å²) in [6.45, 7) is 2.43. The number of hydrogen-bond acceptors (Lipinski definition) is 4. The molecule has 2 aliphatic rings. The first-order valence-corrected chi connectivity index (χ1v) is 11.7. The maximum Gasteiger partial charge on any atom is 0.411 e. The highest BCUT2D eigenvalue weighted by atomic mass is 16.6. The average Bonchev–Trinajstić information content (AvgIpc) is 3.20. The lowest BCUT2D eigenvalue weighted by molar-refractivity contribution is -0.157. The van der Waals surface area contributed by atoms with Crippen LogP contribution in [-0.4, -0.2) is 35.7 Å². The molecule has 2 aliphatic heterocycles. The molecule has 2 heterocycles. The van der Waals surface area contributed by atoms with Crippen molar-refractivity contribution in [1.29, 1.82) is 0 Å². The number of carbonyl (C=O) groups excluding carboxylic acids is 2. The summed E-state index contributed by atoms with van der Waals surface area (Å²) >= 11 is 0. The van der Waals surface area contributed by atoms with Crippen molar-refractivity contribution in [3.8, 4) is 0 Å². The molecule has 2 fully saturated rings. The molecule has 0 aliphatic carbocycles. The minimum Gasteiger partial charge on any atom is -0.447 e. The van der Waals surface area contributed by atoms with E-state index in [-0.39, 0.29) is 18.6 Å². The van der Waals surface area contributed by atoms with Gasteiger partial charge in [0.25, 0.3) is 0 Å². The van der Waals surface area contributed by atoms with Gasteiger partial charge in [-0.3, -0.25) is 9.69 Å². The van der Waals surface area contributed by atoms with Crippen LogP contribution in [0.1, 0.15) is 68.8 Å². The van der Waals surface area contributed by atoms with Crippen LogP contribution in [0.25, 0.3) is 0 Å². The molecule has 32 heavy (non-hydrogen) atoms. The number of nitrogens with one attached hydrogen (secondary N) is 1. The Balaban J connectivity index is 1.57. The van der Waals surface area contributed by atoms with Crippen LogP contribution in [0.15, 0.2) is 60.7 Å². The number of carbonyl (C=O) groups is 2. The van der Waals surface area contributed by atoms with Crippen molar-refractivity contribution >= 4 is 12.0 Å². The van der Waals surface area contributed by atoms with E-state index in [9.17, 15) is 9.59 Å². The summed E-state index contributed by atoms with van der Waals surface area (Å²) in [5.74, 6) is -0.191. The summed E-state index contributed by atoms with van der Waals surface area (Å²) in [5, 5.41) is 2.98. The van der Waals surface area contributed by atoms with E-state index in [2.05, 4.69) is 12.2 Å². The van der Waals surface area contributed by atoms with Crippen LogP contribution in [0.3, 0.4) is 0 Å². The molecular formula is C26H32N2O4. The topological polar surface area (TPSA) is 67.9 Å². The van der Waals surface area contributed by atoms with E-state index < -0.39 is 24.5 Å². The van der Waals surface area contributed by atoms with Gasteiger partial charge in [0.15, 0.2) is 6.23 Å². The number of amides is 2. The Morgan fingerprint density at radius 1 is 0.906 bits per heavy atom. The smallest absolute Gasteiger partial charge is 0.411 e. The second kappa shape index (κ2) is 10.6. The molecule has 0 radical (unpaired) electrons. The van der Waals surface area contributed by atoms with Gasteiger partial charge in [-0.25, -0.2) is 4.79 Å². The maximum absolute atomic E-state index is 13.4. The minimum absolute atomic E-state index is 0.191. The molecule has 4 atom stereocenters. The first kappa shape index (κ1) is 22.3. The number of unbranched alkanes of at least 4 members (excludes halogenated alkanes) is 4. The van der Waals surface area contributed by atoms with E-state index in [0.717, 1.165) is 30.4 Å². The van der Waals surface area contributed by atoms with Crippen molar-refractivity contribution in [3.63, 3.8) is 0 Å². The van der Waals surface area contributed by atoms with Gasteiger partial charge in [0.2, 0.25) is 5.91 Å². The fourth-order valence-corrected chi connectivity index (χ4v) is 4.61. The predicted octanol–water partition coefficient (Wildman–Crippen LogP) is 5.12. The molecule has 0 unspecified atom stereocenters. The zero-order valence-electron chi connectivity index (χ0n) is 18.6. The van der Waals surface area contributed by atoms with E-state index in [1.54, 1.807) is 4.90 Å². The van der Waals surface area contributed by atoms with Gasteiger partial charge >= 0.3 is 6.09 Å².